The Hall–Kier alpha value is -4.41. The zero-order valence-corrected chi connectivity index (χ0v) is 25.2. The molecule has 240 valence electrons. The highest BCUT2D eigenvalue weighted by Gasteiger charge is 2.16. The van der Waals surface area contributed by atoms with E-state index in [1.165, 1.54) is 0 Å². The van der Waals surface area contributed by atoms with Gasteiger partial charge in [-0.25, -0.2) is 10.5 Å². The molecule has 19 heteroatoms. The number of phenols is 1. The molecule has 1 aromatic heterocycles. The monoisotopic (exact) mass is 670 g/mol. The van der Waals surface area contributed by atoms with Gasteiger partial charge in [-0.05, 0) is 64.7 Å². The second kappa shape index (κ2) is 16.2. The summed E-state index contributed by atoms with van der Waals surface area (Å²) in [6.07, 6.45) is 0. The Morgan fingerprint density at radius 2 is 1.37 bits per heavy atom. The van der Waals surface area contributed by atoms with Crippen LogP contribution in [0.2, 0.25) is 0 Å². The summed E-state index contributed by atoms with van der Waals surface area (Å²) in [5.74, 6) is 0.391. The molecule has 5 rings (SSSR count). The summed E-state index contributed by atoms with van der Waals surface area (Å²) in [4.78, 5) is 13.8. The van der Waals surface area contributed by atoms with Crippen LogP contribution >= 0.6 is 24.1 Å². The van der Waals surface area contributed by atoms with Crippen LogP contribution in [-0.4, -0.2) is 67.1 Å². The van der Waals surface area contributed by atoms with E-state index in [9.17, 15) is 5.11 Å². The predicted octanol–water partition coefficient (Wildman–Crippen LogP) is 5.71. The largest absolute Gasteiger partial charge is 0.505 e. The van der Waals surface area contributed by atoms with E-state index >= 15 is 0 Å². The highest BCUT2D eigenvalue weighted by Crippen LogP contribution is 2.44. The predicted molar refractivity (Wildman–Crippen MR) is 169 cm³/mol. The van der Waals surface area contributed by atoms with E-state index in [2.05, 4.69) is 59.9 Å². The summed E-state index contributed by atoms with van der Waals surface area (Å²) >= 11 is 1.46. The highest BCUT2D eigenvalue weighted by atomic mass is 32.2. The Kier molecular flexibility index (Phi) is 11.6. The van der Waals surface area contributed by atoms with Crippen LogP contribution in [0.5, 0.6) is 5.75 Å². The molecule has 1 heterocycles. The first-order valence-corrected chi connectivity index (χ1v) is 14.8. The number of rotatable bonds is 16. The molecule has 4 aromatic carbocycles. The molecule has 8 N–H and O–H groups in total. The van der Waals surface area contributed by atoms with Crippen molar-refractivity contribution < 1.29 is 44.6 Å². The van der Waals surface area contributed by atoms with Gasteiger partial charge in [-0.2, -0.15) is 20.1 Å². The van der Waals surface area contributed by atoms with Crippen molar-refractivity contribution in [2.45, 2.75) is 9.79 Å². The number of hydrogen-bond donors (Lipinski definition) is 8. The minimum Gasteiger partial charge on any atom is -0.505 e. The first kappa shape index (κ1) is 33.0. The van der Waals surface area contributed by atoms with Crippen LogP contribution in [0.3, 0.4) is 0 Å². The average Bonchev–Trinajstić information content (AvgIpc) is 3.07. The standard InChI is InChI=1S/C27H26N8O9S2/c36-9-7-28-25-31-26(29-8-10-37)33-27(32-25)30-18-4-6-21-17(12-18)14-22(46-44-42-40)23(24(21)38)35-34-19-3-1-16-13-20(45-43-41-39)5-2-15(16)11-19/h1-6,11-14,36-40H,7-10H2,(H3,28,29,30,31,32,33)/b35-34+. The van der Waals surface area contributed by atoms with E-state index < -0.39 is 0 Å². The highest BCUT2D eigenvalue weighted by molar-refractivity contribution is 7.94. The van der Waals surface area contributed by atoms with Crippen molar-refractivity contribution in [3.8, 4) is 5.75 Å². The fraction of sp³-hybridized carbons (Fsp3) is 0.148. The van der Waals surface area contributed by atoms with Crippen molar-refractivity contribution in [2.24, 2.45) is 10.2 Å². The molecule has 0 saturated carbocycles. The maximum Gasteiger partial charge on any atom is 0.233 e. The van der Waals surface area contributed by atoms with Crippen LogP contribution in [-0.2, 0) is 18.7 Å². The minimum atomic E-state index is -0.198. The molecule has 0 aliphatic heterocycles. The first-order chi connectivity index (χ1) is 22.5. The number of phenolic OH excluding ortho intramolecular Hbond substituents is 1. The lowest BCUT2D eigenvalue weighted by Crippen LogP contribution is -2.14. The summed E-state index contributed by atoms with van der Waals surface area (Å²) in [6, 6.07) is 17.5. The van der Waals surface area contributed by atoms with Crippen LogP contribution in [0.15, 0.2) is 80.7 Å². The SMILES string of the molecule is OCCNc1nc(NCCO)nc(Nc2ccc3c(O)c(/N=N/c4ccc5cc(SOOO)ccc5c4)c(SOOO)cc3c2)n1. The van der Waals surface area contributed by atoms with Gasteiger partial charge in [0.1, 0.15) is 5.69 Å². The third kappa shape index (κ3) is 8.44. The van der Waals surface area contributed by atoms with Gasteiger partial charge in [-0.1, -0.05) is 22.2 Å². The van der Waals surface area contributed by atoms with Crippen LogP contribution in [0.25, 0.3) is 21.5 Å². The van der Waals surface area contributed by atoms with E-state index in [4.69, 9.17) is 20.7 Å². The van der Waals surface area contributed by atoms with Gasteiger partial charge in [-0.15, -0.1) is 13.8 Å². The Balaban J connectivity index is 1.44. The van der Waals surface area contributed by atoms with Crippen molar-refractivity contribution in [1.29, 1.82) is 0 Å². The molecule has 46 heavy (non-hydrogen) atoms. The van der Waals surface area contributed by atoms with Crippen molar-refractivity contribution >= 4 is 80.5 Å². The van der Waals surface area contributed by atoms with Crippen LogP contribution in [0.1, 0.15) is 0 Å². The van der Waals surface area contributed by atoms with Crippen molar-refractivity contribution in [1.82, 2.24) is 15.0 Å². The van der Waals surface area contributed by atoms with E-state index in [0.29, 0.717) is 39.1 Å². The third-order valence-electron chi connectivity index (χ3n) is 6.11. The molecule has 0 bridgehead atoms. The Morgan fingerprint density at radius 1 is 0.696 bits per heavy atom. The molecule has 0 saturated heterocycles. The lowest BCUT2D eigenvalue weighted by molar-refractivity contribution is -0.432. The topological polar surface area (TPSA) is 238 Å². The van der Waals surface area contributed by atoms with Gasteiger partial charge in [0.15, 0.2) is 5.75 Å². The molecule has 0 unspecified atom stereocenters. The molecule has 0 aliphatic carbocycles. The lowest BCUT2D eigenvalue weighted by Gasteiger charge is -2.12. The number of nitrogens with zero attached hydrogens (tertiary/aromatic N) is 5. The second-order valence-electron chi connectivity index (χ2n) is 9.08. The molecule has 0 spiro atoms. The van der Waals surface area contributed by atoms with Gasteiger partial charge in [0.2, 0.25) is 17.8 Å². The number of fused-ring (bicyclic) bond motifs is 2. The van der Waals surface area contributed by atoms with Gasteiger partial charge in [0.25, 0.3) is 0 Å². The Bertz CT molecular complexity index is 1810. The zero-order chi connectivity index (χ0) is 32.3. The molecular formula is C27H26N8O9S2. The zero-order valence-electron chi connectivity index (χ0n) is 23.5. The third-order valence-corrected chi connectivity index (χ3v) is 7.30. The van der Waals surface area contributed by atoms with E-state index in [1.54, 1.807) is 42.5 Å². The molecule has 17 nitrogen and oxygen atoms in total. The fourth-order valence-corrected chi connectivity index (χ4v) is 5.09. The molecule has 0 aliphatic rings. The van der Waals surface area contributed by atoms with Gasteiger partial charge >= 0.3 is 0 Å². The molecule has 0 atom stereocenters. The van der Waals surface area contributed by atoms with Crippen LogP contribution in [0.4, 0.5) is 34.9 Å². The Labute approximate surface area is 268 Å². The second-order valence-corrected chi connectivity index (χ2v) is 10.6. The average molecular weight is 671 g/mol. The number of benzene rings is 4. The molecule has 0 fully saturated rings. The number of hydrogen-bond acceptors (Lipinski definition) is 19. The maximum atomic E-state index is 11.2. The number of azo groups is 1. The lowest BCUT2D eigenvalue weighted by atomic mass is 10.1. The van der Waals surface area contributed by atoms with Crippen LogP contribution in [0, 0.1) is 0 Å². The van der Waals surface area contributed by atoms with Crippen molar-refractivity contribution in [3.63, 3.8) is 0 Å². The van der Waals surface area contributed by atoms with Crippen molar-refractivity contribution in [3.05, 3.63) is 60.7 Å². The number of aliphatic hydroxyl groups is 2. The van der Waals surface area contributed by atoms with Gasteiger partial charge in [-0.3, -0.25) is 0 Å². The van der Waals surface area contributed by atoms with Crippen molar-refractivity contribution in [2.75, 3.05) is 42.3 Å². The van der Waals surface area contributed by atoms with Gasteiger partial charge < -0.3 is 31.3 Å². The maximum absolute atomic E-state index is 11.2. The fourth-order valence-electron chi connectivity index (χ4n) is 4.18. The van der Waals surface area contributed by atoms with E-state index in [0.717, 1.165) is 22.8 Å². The molecule has 5 aromatic rings. The number of aromatic hydroxyl groups is 1. The summed E-state index contributed by atoms with van der Waals surface area (Å²) in [5, 5.41) is 74.2. The number of anilines is 4. The summed E-state index contributed by atoms with van der Waals surface area (Å²) in [7, 11) is 0. The van der Waals surface area contributed by atoms with Crippen LogP contribution < -0.4 is 16.0 Å². The summed E-state index contributed by atoms with van der Waals surface area (Å²) < 4.78 is 9.13. The quantitative estimate of drug-likeness (QED) is 0.0271. The van der Waals surface area contributed by atoms with Gasteiger partial charge in [0, 0.05) is 29.1 Å². The number of aromatic nitrogens is 3. The summed E-state index contributed by atoms with van der Waals surface area (Å²) in [5.41, 5.74) is 1.12. The Morgan fingerprint density at radius 3 is 2.09 bits per heavy atom. The number of aliphatic hydroxyl groups excluding tert-OH is 2. The van der Waals surface area contributed by atoms with E-state index in [-0.39, 0.29) is 60.5 Å². The first-order valence-electron chi connectivity index (χ1n) is 13.3. The molecular weight excluding hydrogens is 644 g/mol. The molecule has 0 radical (unpaired) electrons. The minimum absolute atomic E-state index is 0.0694. The summed E-state index contributed by atoms with van der Waals surface area (Å²) in [6.45, 7) is 0.182. The normalized spacial score (nSPS) is 11.5. The smallest absolute Gasteiger partial charge is 0.233 e. The molecule has 0 amide bonds. The number of nitrogens with one attached hydrogen (secondary N) is 3. The van der Waals surface area contributed by atoms with E-state index in [1.807, 2.05) is 18.2 Å². The van der Waals surface area contributed by atoms with Gasteiger partial charge in [0.05, 0.1) is 47.9 Å².